The SMILES string of the molecule is COC(=O)CCN(C)CCC(Cl)c1ccc(F)cc1. The first-order valence-corrected chi connectivity index (χ1v) is 6.61. The zero-order chi connectivity index (χ0) is 14.3. The molecule has 0 aliphatic heterocycles. The van der Waals surface area contributed by atoms with E-state index in [1.165, 1.54) is 19.2 Å². The van der Waals surface area contributed by atoms with Crippen molar-refractivity contribution in [3.05, 3.63) is 35.6 Å². The van der Waals surface area contributed by atoms with Crippen molar-refractivity contribution in [2.24, 2.45) is 0 Å². The highest BCUT2D eigenvalue weighted by Crippen LogP contribution is 2.24. The molecule has 106 valence electrons. The second kappa shape index (κ2) is 8.12. The van der Waals surface area contributed by atoms with E-state index in [-0.39, 0.29) is 17.2 Å². The van der Waals surface area contributed by atoms with Crippen molar-refractivity contribution in [3.8, 4) is 0 Å². The van der Waals surface area contributed by atoms with Crippen LogP contribution in [-0.2, 0) is 9.53 Å². The number of carbonyl (C=O) groups is 1. The first kappa shape index (κ1) is 15.9. The summed E-state index contributed by atoms with van der Waals surface area (Å²) in [6, 6.07) is 6.21. The highest BCUT2D eigenvalue weighted by molar-refractivity contribution is 6.20. The zero-order valence-corrected chi connectivity index (χ0v) is 12.0. The number of halogens is 2. The van der Waals surface area contributed by atoms with Crippen molar-refractivity contribution in [3.63, 3.8) is 0 Å². The summed E-state index contributed by atoms with van der Waals surface area (Å²) in [4.78, 5) is 13.0. The van der Waals surface area contributed by atoms with E-state index in [4.69, 9.17) is 11.6 Å². The van der Waals surface area contributed by atoms with Crippen LogP contribution in [-0.4, -0.2) is 38.1 Å². The molecular weight excluding hydrogens is 269 g/mol. The molecule has 0 heterocycles. The van der Waals surface area contributed by atoms with Crippen LogP contribution in [0, 0.1) is 5.82 Å². The van der Waals surface area contributed by atoms with Crippen LogP contribution in [0.1, 0.15) is 23.8 Å². The Labute approximate surface area is 118 Å². The Kier molecular flexibility index (Phi) is 6.81. The van der Waals surface area contributed by atoms with Gasteiger partial charge in [0.05, 0.1) is 18.9 Å². The van der Waals surface area contributed by atoms with Crippen LogP contribution < -0.4 is 0 Å². The normalized spacial score (nSPS) is 12.5. The van der Waals surface area contributed by atoms with Gasteiger partial charge in [-0.1, -0.05) is 12.1 Å². The van der Waals surface area contributed by atoms with Crippen molar-refractivity contribution in [2.75, 3.05) is 27.2 Å². The summed E-state index contributed by atoms with van der Waals surface area (Å²) in [6.45, 7) is 1.40. The maximum Gasteiger partial charge on any atom is 0.306 e. The van der Waals surface area contributed by atoms with Gasteiger partial charge in [-0.15, -0.1) is 11.6 Å². The molecule has 0 saturated heterocycles. The van der Waals surface area contributed by atoms with Crippen molar-refractivity contribution in [1.29, 1.82) is 0 Å². The third-order valence-electron chi connectivity index (χ3n) is 2.92. The summed E-state index contributed by atoms with van der Waals surface area (Å²) < 4.78 is 17.4. The number of carbonyl (C=O) groups excluding carboxylic acids is 1. The second-order valence-corrected chi connectivity index (χ2v) is 4.96. The van der Waals surface area contributed by atoms with E-state index in [9.17, 15) is 9.18 Å². The van der Waals surface area contributed by atoms with E-state index < -0.39 is 0 Å². The molecule has 0 aromatic heterocycles. The van der Waals surface area contributed by atoms with Crippen LogP contribution in [0.5, 0.6) is 0 Å². The van der Waals surface area contributed by atoms with Gasteiger partial charge in [-0.2, -0.15) is 0 Å². The molecule has 0 N–H and O–H groups in total. The molecule has 0 aliphatic rings. The number of methoxy groups -OCH3 is 1. The Balaban J connectivity index is 2.31. The Bertz CT molecular complexity index is 397. The largest absolute Gasteiger partial charge is 0.469 e. The number of nitrogens with zero attached hydrogens (tertiary/aromatic N) is 1. The van der Waals surface area contributed by atoms with E-state index in [0.29, 0.717) is 13.0 Å². The molecule has 0 bridgehead atoms. The van der Waals surface area contributed by atoms with E-state index in [2.05, 4.69) is 4.74 Å². The van der Waals surface area contributed by atoms with Crippen molar-refractivity contribution in [2.45, 2.75) is 18.2 Å². The Morgan fingerprint density at radius 2 is 2.00 bits per heavy atom. The van der Waals surface area contributed by atoms with Gasteiger partial charge < -0.3 is 9.64 Å². The van der Waals surface area contributed by atoms with Crippen molar-refractivity contribution in [1.82, 2.24) is 4.90 Å². The van der Waals surface area contributed by atoms with Crippen LogP contribution in [0.3, 0.4) is 0 Å². The molecule has 1 aromatic rings. The number of alkyl halides is 1. The molecule has 0 aliphatic carbocycles. The average molecular weight is 288 g/mol. The molecule has 0 radical (unpaired) electrons. The molecule has 0 fully saturated rings. The van der Waals surface area contributed by atoms with Crippen LogP contribution in [0.2, 0.25) is 0 Å². The van der Waals surface area contributed by atoms with Gasteiger partial charge in [-0.3, -0.25) is 4.79 Å². The molecule has 0 spiro atoms. The first-order chi connectivity index (χ1) is 9.02. The Morgan fingerprint density at radius 3 is 2.58 bits per heavy atom. The van der Waals surface area contributed by atoms with Gasteiger partial charge in [-0.25, -0.2) is 4.39 Å². The number of hydrogen-bond acceptors (Lipinski definition) is 3. The van der Waals surface area contributed by atoms with Gasteiger partial charge in [0, 0.05) is 6.54 Å². The van der Waals surface area contributed by atoms with E-state index in [0.717, 1.165) is 18.5 Å². The fraction of sp³-hybridized carbons (Fsp3) is 0.500. The van der Waals surface area contributed by atoms with E-state index >= 15 is 0 Å². The fourth-order valence-corrected chi connectivity index (χ4v) is 1.91. The third-order valence-corrected chi connectivity index (χ3v) is 3.39. The summed E-state index contributed by atoms with van der Waals surface area (Å²) in [7, 11) is 3.31. The minimum Gasteiger partial charge on any atom is -0.469 e. The summed E-state index contributed by atoms with van der Waals surface area (Å²) >= 11 is 6.25. The van der Waals surface area contributed by atoms with E-state index in [1.54, 1.807) is 12.1 Å². The summed E-state index contributed by atoms with van der Waals surface area (Å²) in [5.74, 6) is -0.476. The quantitative estimate of drug-likeness (QED) is 0.570. The Hall–Kier alpha value is -1.13. The summed E-state index contributed by atoms with van der Waals surface area (Å²) in [5, 5.41) is -0.152. The molecular formula is C14H19ClFNO2. The maximum absolute atomic E-state index is 12.8. The number of ether oxygens (including phenoxy) is 1. The zero-order valence-electron chi connectivity index (χ0n) is 11.2. The lowest BCUT2D eigenvalue weighted by molar-refractivity contribution is -0.140. The van der Waals surface area contributed by atoms with Gasteiger partial charge in [-0.05, 0) is 37.7 Å². The smallest absolute Gasteiger partial charge is 0.306 e. The van der Waals surface area contributed by atoms with Gasteiger partial charge >= 0.3 is 5.97 Å². The molecule has 1 aromatic carbocycles. The monoisotopic (exact) mass is 287 g/mol. The predicted octanol–water partition coefficient (Wildman–Crippen LogP) is 2.99. The summed E-state index contributed by atoms with van der Waals surface area (Å²) in [6.07, 6.45) is 1.11. The fourth-order valence-electron chi connectivity index (χ4n) is 1.67. The predicted molar refractivity (Wildman–Crippen MR) is 73.7 cm³/mol. The maximum atomic E-state index is 12.8. The minimum atomic E-state index is -0.261. The van der Waals surface area contributed by atoms with Gasteiger partial charge in [0.15, 0.2) is 0 Å². The molecule has 19 heavy (non-hydrogen) atoms. The van der Waals surface area contributed by atoms with E-state index in [1.807, 2.05) is 11.9 Å². The standard InChI is InChI=1S/C14H19ClFNO2/c1-17(10-8-14(18)19-2)9-7-13(15)11-3-5-12(16)6-4-11/h3-6,13H,7-10H2,1-2H3. The molecule has 0 saturated carbocycles. The number of hydrogen-bond donors (Lipinski definition) is 0. The lowest BCUT2D eigenvalue weighted by Gasteiger charge is -2.18. The lowest BCUT2D eigenvalue weighted by atomic mass is 10.1. The molecule has 5 heteroatoms. The average Bonchev–Trinajstić information content (AvgIpc) is 2.42. The number of benzene rings is 1. The summed E-state index contributed by atoms with van der Waals surface area (Å²) in [5.41, 5.74) is 0.907. The van der Waals surface area contributed by atoms with Gasteiger partial charge in [0.1, 0.15) is 5.82 Å². The minimum absolute atomic E-state index is 0.152. The van der Waals surface area contributed by atoms with Crippen LogP contribution in [0.25, 0.3) is 0 Å². The molecule has 3 nitrogen and oxygen atoms in total. The Morgan fingerprint density at radius 1 is 1.37 bits per heavy atom. The molecule has 0 amide bonds. The second-order valence-electron chi connectivity index (χ2n) is 4.44. The van der Waals surface area contributed by atoms with Crippen LogP contribution in [0.4, 0.5) is 4.39 Å². The number of esters is 1. The lowest BCUT2D eigenvalue weighted by Crippen LogP contribution is -2.24. The van der Waals surface area contributed by atoms with Gasteiger partial charge in [0.2, 0.25) is 0 Å². The highest BCUT2D eigenvalue weighted by Gasteiger charge is 2.10. The van der Waals surface area contributed by atoms with Gasteiger partial charge in [0.25, 0.3) is 0 Å². The van der Waals surface area contributed by atoms with Crippen molar-refractivity contribution >= 4 is 17.6 Å². The molecule has 1 rings (SSSR count). The topological polar surface area (TPSA) is 29.5 Å². The molecule has 1 atom stereocenters. The number of rotatable bonds is 7. The van der Waals surface area contributed by atoms with Crippen LogP contribution in [0.15, 0.2) is 24.3 Å². The molecule has 1 unspecified atom stereocenters. The third kappa shape index (κ3) is 6.03. The highest BCUT2D eigenvalue weighted by atomic mass is 35.5. The van der Waals surface area contributed by atoms with Crippen molar-refractivity contribution < 1.29 is 13.9 Å². The first-order valence-electron chi connectivity index (χ1n) is 6.18. The van der Waals surface area contributed by atoms with Crippen LogP contribution >= 0.6 is 11.6 Å².